The van der Waals surface area contributed by atoms with Crippen LogP contribution in [0.5, 0.6) is 5.75 Å². The first-order valence-corrected chi connectivity index (χ1v) is 7.08. The molecule has 4 nitrogen and oxygen atoms in total. The first-order chi connectivity index (χ1) is 9.06. The first kappa shape index (κ1) is 14.3. The van der Waals surface area contributed by atoms with E-state index in [0.717, 1.165) is 20.6 Å². The molecule has 1 aromatic carbocycles. The second-order valence-corrected chi connectivity index (χ2v) is 5.41. The van der Waals surface area contributed by atoms with Crippen molar-refractivity contribution in [1.29, 1.82) is 0 Å². The molecule has 0 aliphatic heterocycles. The van der Waals surface area contributed by atoms with Gasteiger partial charge in [-0.05, 0) is 47.7 Å². The minimum absolute atomic E-state index is 0.621. The number of aryl methyl sites for hydroxylation is 1. The SMILES string of the molecule is CNc1nc(-c2ccc(Cl)cc2OC)nc(C)c1I. The van der Waals surface area contributed by atoms with Gasteiger partial charge in [0.2, 0.25) is 0 Å². The number of nitrogens with zero attached hydrogens (tertiary/aromatic N) is 2. The van der Waals surface area contributed by atoms with Crippen molar-refractivity contribution in [2.75, 3.05) is 19.5 Å². The maximum atomic E-state index is 5.96. The molecule has 1 N–H and O–H groups in total. The third-order valence-electron chi connectivity index (χ3n) is 2.66. The zero-order chi connectivity index (χ0) is 14.0. The standard InChI is InChI=1S/C13H13ClIN3O/c1-7-11(15)13(16-2)18-12(17-7)9-5-4-8(14)6-10(9)19-3/h4-6H,1-3H3,(H,16,17,18). The van der Waals surface area contributed by atoms with Gasteiger partial charge in [0.1, 0.15) is 11.6 Å². The van der Waals surface area contributed by atoms with E-state index in [2.05, 4.69) is 37.9 Å². The van der Waals surface area contributed by atoms with Crippen molar-refractivity contribution >= 4 is 40.0 Å². The van der Waals surface area contributed by atoms with Crippen LogP contribution < -0.4 is 10.1 Å². The fourth-order valence-electron chi connectivity index (χ4n) is 1.70. The zero-order valence-electron chi connectivity index (χ0n) is 10.8. The summed E-state index contributed by atoms with van der Waals surface area (Å²) in [5, 5.41) is 3.69. The average molecular weight is 390 g/mol. The van der Waals surface area contributed by atoms with Crippen LogP contribution in [0, 0.1) is 10.5 Å². The molecular weight excluding hydrogens is 377 g/mol. The number of nitrogens with one attached hydrogen (secondary N) is 1. The van der Waals surface area contributed by atoms with Gasteiger partial charge in [0.05, 0.1) is 21.9 Å². The minimum Gasteiger partial charge on any atom is -0.496 e. The van der Waals surface area contributed by atoms with Crippen LogP contribution in [0.15, 0.2) is 18.2 Å². The third-order valence-corrected chi connectivity index (χ3v) is 4.18. The Kier molecular flexibility index (Phi) is 4.46. The summed E-state index contributed by atoms with van der Waals surface area (Å²) < 4.78 is 6.35. The summed E-state index contributed by atoms with van der Waals surface area (Å²) in [6.07, 6.45) is 0. The lowest BCUT2D eigenvalue weighted by atomic mass is 10.2. The van der Waals surface area contributed by atoms with E-state index in [1.54, 1.807) is 19.2 Å². The van der Waals surface area contributed by atoms with Crippen LogP contribution >= 0.6 is 34.2 Å². The lowest BCUT2D eigenvalue weighted by Gasteiger charge is -2.11. The molecule has 2 rings (SSSR count). The maximum absolute atomic E-state index is 5.96. The molecule has 100 valence electrons. The first-order valence-electron chi connectivity index (χ1n) is 5.62. The lowest BCUT2D eigenvalue weighted by Crippen LogP contribution is -2.03. The van der Waals surface area contributed by atoms with Gasteiger partial charge in [-0.25, -0.2) is 9.97 Å². The Morgan fingerprint density at radius 1 is 1.32 bits per heavy atom. The molecule has 0 amide bonds. The van der Waals surface area contributed by atoms with E-state index in [-0.39, 0.29) is 0 Å². The molecule has 0 fully saturated rings. The number of benzene rings is 1. The summed E-state index contributed by atoms with van der Waals surface area (Å²) in [5.74, 6) is 2.09. The highest BCUT2D eigenvalue weighted by atomic mass is 127. The monoisotopic (exact) mass is 389 g/mol. The molecule has 6 heteroatoms. The number of ether oxygens (including phenoxy) is 1. The van der Waals surface area contributed by atoms with E-state index in [9.17, 15) is 0 Å². The second kappa shape index (κ2) is 5.92. The highest BCUT2D eigenvalue weighted by Gasteiger charge is 2.13. The Balaban J connectivity index is 2.62. The van der Waals surface area contributed by atoms with E-state index in [1.165, 1.54) is 0 Å². The van der Waals surface area contributed by atoms with Crippen LogP contribution in [0.25, 0.3) is 11.4 Å². The summed E-state index contributed by atoms with van der Waals surface area (Å²) in [5.41, 5.74) is 1.75. The van der Waals surface area contributed by atoms with Crippen molar-refractivity contribution < 1.29 is 4.74 Å². The second-order valence-electron chi connectivity index (χ2n) is 3.89. The molecule has 0 bridgehead atoms. The summed E-state index contributed by atoms with van der Waals surface area (Å²) in [6.45, 7) is 1.95. The van der Waals surface area contributed by atoms with Crippen molar-refractivity contribution in [2.24, 2.45) is 0 Å². The molecule has 1 aromatic heterocycles. The average Bonchev–Trinajstić information content (AvgIpc) is 2.41. The maximum Gasteiger partial charge on any atom is 0.165 e. The molecule has 0 radical (unpaired) electrons. The predicted octanol–water partition coefficient (Wildman–Crippen LogP) is 3.76. The fourth-order valence-corrected chi connectivity index (χ4v) is 2.37. The molecule has 0 unspecified atom stereocenters. The Morgan fingerprint density at radius 3 is 2.68 bits per heavy atom. The molecule has 0 atom stereocenters. The highest BCUT2D eigenvalue weighted by molar-refractivity contribution is 14.1. The molecule has 1 heterocycles. The highest BCUT2D eigenvalue weighted by Crippen LogP contribution is 2.32. The Hall–Kier alpha value is -1.08. The van der Waals surface area contributed by atoms with Gasteiger partial charge >= 0.3 is 0 Å². The number of anilines is 1. The van der Waals surface area contributed by atoms with Crippen molar-refractivity contribution in [1.82, 2.24) is 9.97 Å². The zero-order valence-corrected chi connectivity index (χ0v) is 13.7. The third kappa shape index (κ3) is 2.92. The Morgan fingerprint density at radius 2 is 2.05 bits per heavy atom. The van der Waals surface area contributed by atoms with E-state index in [1.807, 2.05) is 20.0 Å². The van der Waals surface area contributed by atoms with Crippen LogP contribution in [0.2, 0.25) is 5.02 Å². The molecule has 0 aliphatic rings. The number of rotatable bonds is 3. The summed E-state index contributed by atoms with van der Waals surface area (Å²) in [7, 11) is 3.44. The largest absolute Gasteiger partial charge is 0.496 e. The predicted molar refractivity (Wildman–Crippen MR) is 86.0 cm³/mol. The number of aromatic nitrogens is 2. The van der Waals surface area contributed by atoms with E-state index < -0.39 is 0 Å². The Bertz CT molecular complexity index is 619. The van der Waals surface area contributed by atoms with Crippen molar-refractivity contribution in [2.45, 2.75) is 6.92 Å². The van der Waals surface area contributed by atoms with Gasteiger partial charge in [0.15, 0.2) is 5.82 Å². The van der Waals surface area contributed by atoms with E-state index in [4.69, 9.17) is 16.3 Å². The van der Waals surface area contributed by atoms with Gasteiger partial charge in [-0.15, -0.1) is 0 Å². The molecule has 0 saturated carbocycles. The number of halogens is 2. The van der Waals surface area contributed by atoms with Gasteiger partial charge in [0, 0.05) is 12.1 Å². The minimum atomic E-state index is 0.621. The normalized spacial score (nSPS) is 10.4. The smallest absolute Gasteiger partial charge is 0.165 e. The van der Waals surface area contributed by atoms with Crippen LogP contribution in [0.3, 0.4) is 0 Å². The van der Waals surface area contributed by atoms with Crippen molar-refractivity contribution in [3.8, 4) is 17.1 Å². The van der Waals surface area contributed by atoms with Crippen LogP contribution in [0.4, 0.5) is 5.82 Å². The van der Waals surface area contributed by atoms with Gasteiger partial charge < -0.3 is 10.1 Å². The molecule has 19 heavy (non-hydrogen) atoms. The Labute approximate surface area is 130 Å². The lowest BCUT2D eigenvalue weighted by molar-refractivity contribution is 0.416. The van der Waals surface area contributed by atoms with E-state index >= 15 is 0 Å². The van der Waals surface area contributed by atoms with Crippen molar-refractivity contribution in [3.63, 3.8) is 0 Å². The summed E-state index contributed by atoms with van der Waals surface area (Å²) in [6, 6.07) is 5.42. The fraction of sp³-hybridized carbons (Fsp3) is 0.231. The van der Waals surface area contributed by atoms with Gasteiger partial charge in [-0.2, -0.15) is 0 Å². The number of hydrogen-bond acceptors (Lipinski definition) is 4. The van der Waals surface area contributed by atoms with Gasteiger partial charge in [0.25, 0.3) is 0 Å². The molecule has 0 spiro atoms. The molecule has 0 aliphatic carbocycles. The quantitative estimate of drug-likeness (QED) is 0.812. The molecular formula is C13H13ClIN3O. The summed E-state index contributed by atoms with van der Waals surface area (Å²) >= 11 is 8.19. The van der Waals surface area contributed by atoms with Crippen molar-refractivity contribution in [3.05, 3.63) is 32.5 Å². The van der Waals surface area contributed by atoms with Gasteiger partial charge in [-0.1, -0.05) is 11.6 Å². The number of hydrogen-bond donors (Lipinski definition) is 1. The number of methoxy groups -OCH3 is 1. The van der Waals surface area contributed by atoms with Crippen LogP contribution in [-0.4, -0.2) is 24.1 Å². The molecule has 2 aromatic rings. The van der Waals surface area contributed by atoms with E-state index in [0.29, 0.717) is 16.6 Å². The van der Waals surface area contributed by atoms with Gasteiger partial charge in [-0.3, -0.25) is 0 Å². The summed E-state index contributed by atoms with van der Waals surface area (Å²) in [4.78, 5) is 9.02. The topological polar surface area (TPSA) is 47.0 Å². The molecule has 0 saturated heterocycles. The van der Waals surface area contributed by atoms with Crippen LogP contribution in [-0.2, 0) is 0 Å². The van der Waals surface area contributed by atoms with Crippen LogP contribution in [0.1, 0.15) is 5.69 Å².